The van der Waals surface area contributed by atoms with Crippen molar-refractivity contribution in [1.82, 2.24) is 0 Å². The maximum absolute atomic E-state index is 11.4. The quantitative estimate of drug-likeness (QED) is 0.553. The molecule has 120 valence electrons. The highest BCUT2D eigenvalue weighted by atomic mass is 16.6. The first-order valence-corrected chi connectivity index (χ1v) is 7.27. The van der Waals surface area contributed by atoms with Crippen LogP contribution in [0.25, 0.3) is 0 Å². The molecule has 0 aliphatic heterocycles. The first-order valence-electron chi connectivity index (χ1n) is 7.27. The van der Waals surface area contributed by atoms with Crippen molar-refractivity contribution in [1.29, 1.82) is 0 Å². The van der Waals surface area contributed by atoms with Crippen LogP contribution in [-0.2, 0) is 16.1 Å². The Kier molecular flexibility index (Phi) is 6.17. The predicted octanol–water partition coefficient (Wildman–Crippen LogP) is 3.02. The number of hydrogen-bond donors (Lipinski definition) is 0. The fourth-order valence-corrected chi connectivity index (χ4v) is 1.90. The Morgan fingerprint density at radius 3 is 2.52 bits per heavy atom. The van der Waals surface area contributed by atoms with Gasteiger partial charge in [0, 0.05) is 5.56 Å². The molecule has 0 radical (unpaired) electrons. The average molecular weight is 314 g/mol. The number of carbonyl (C=O) groups excluding carboxylic acids is 2. The van der Waals surface area contributed by atoms with E-state index in [0.717, 1.165) is 5.56 Å². The first-order chi connectivity index (χ1) is 11.2. The van der Waals surface area contributed by atoms with E-state index in [9.17, 15) is 9.59 Å². The molecule has 2 rings (SSSR count). The lowest BCUT2D eigenvalue weighted by molar-refractivity contribution is -0.145. The minimum atomic E-state index is -0.474. The van der Waals surface area contributed by atoms with Crippen molar-refractivity contribution in [2.75, 3.05) is 13.2 Å². The van der Waals surface area contributed by atoms with Gasteiger partial charge in [-0.3, -0.25) is 4.79 Å². The van der Waals surface area contributed by atoms with Crippen molar-refractivity contribution < 1.29 is 23.8 Å². The smallest absolute Gasteiger partial charge is 0.344 e. The molecule has 5 nitrogen and oxygen atoms in total. The number of rotatable bonds is 8. The zero-order valence-corrected chi connectivity index (χ0v) is 12.9. The van der Waals surface area contributed by atoms with Gasteiger partial charge in [0.1, 0.15) is 12.9 Å². The van der Waals surface area contributed by atoms with Crippen LogP contribution in [0.2, 0.25) is 0 Å². The van der Waals surface area contributed by atoms with Gasteiger partial charge in [0.05, 0.1) is 6.61 Å². The van der Waals surface area contributed by atoms with Crippen LogP contribution in [0, 0.1) is 0 Å². The Morgan fingerprint density at radius 1 is 1.04 bits per heavy atom. The highest BCUT2D eigenvalue weighted by Crippen LogP contribution is 2.28. The molecule has 0 atom stereocenters. The van der Waals surface area contributed by atoms with Crippen LogP contribution in [-0.4, -0.2) is 25.5 Å². The molecule has 0 amide bonds. The summed E-state index contributed by atoms with van der Waals surface area (Å²) in [6.45, 7) is 2.13. The third-order valence-corrected chi connectivity index (χ3v) is 2.99. The normalized spacial score (nSPS) is 9.96. The van der Waals surface area contributed by atoms with Gasteiger partial charge in [-0.05, 0) is 30.7 Å². The molecule has 0 saturated heterocycles. The number of esters is 1. The third-order valence-electron chi connectivity index (χ3n) is 2.99. The summed E-state index contributed by atoms with van der Waals surface area (Å²) in [5.74, 6) is 0.320. The predicted molar refractivity (Wildman–Crippen MR) is 84.7 cm³/mol. The van der Waals surface area contributed by atoms with Crippen LogP contribution in [0.5, 0.6) is 11.5 Å². The monoisotopic (exact) mass is 314 g/mol. The molecule has 0 aromatic heterocycles. The molecule has 0 aliphatic carbocycles. The number of aldehydes is 1. The van der Waals surface area contributed by atoms with Crippen LogP contribution in [0.15, 0.2) is 48.5 Å². The summed E-state index contributed by atoms with van der Waals surface area (Å²) in [6.07, 6.45) is 0.707. The maximum atomic E-state index is 11.4. The second-order valence-electron chi connectivity index (χ2n) is 4.69. The summed E-state index contributed by atoms with van der Waals surface area (Å²) in [6, 6.07) is 14.5. The van der Waals surface area contributed by atoms with Crippen LogP contribution in [0.4, 0.5) is 0 Å². The minimum Gasteiger partial charge on any atom is -0.485 e. The lowest BCUT2D eigenvalue weighted by Gasteiger charge is -2.13. The van der Waals surface area contributed by atoms with Crippen molar-refractivity contribution in [3.05, 3.63) is 59.7 Å². The molecule has 0 unspecified atom stereocenters. The summed E-state index contributed by atoms with van der Waals surface area (Å²) in [5.41, 5.74) is 1.44. The van der Waals surface area contributed by atoms with Gasteiger partial charge >= 0.3 is 5.97 Å². The molecule has 23 heavy (non-hydrogen) atoms. The van der Waals surface area contributed by atoms with Gasteiger partial charge in [0.2, 0.25) is 0 Å². The average Bonchev–Trinajstić information content (AvgIpc) is 2.59. The van der Waals surface area contributed by atoms with E-state index < -0.39 is 5.97 Å². The zero-order valence-electron chi connectivity index (χ0n) is 12.9. The van der Waals surface area contributed by atoms with E-state index >= 15 is 0 Å². The fraction of sp³-hybridized carbons (Fsp3) is 0.222. The molecule has 2 aromatic carbocycles. The van der Waals surface area contributed by atoms with E-state index in [1.54, 1.807) is 19.1 Å². The highest BCUT2D eigenvalue weighted by Gasteiger charge is 2.10. The Hall–Kier alpha value is -2.82. The van der Waals surface area contributed by atoms with E-state index in [1.807, 2.05) is 30.3 Å². The minimum absolute atomic E-state index is 0.238. The summed E-state index contributed by atoms with van der Waals surface area (Å²) < 4.78 is 16.0. The Morgan fingerprint density at radius 2 is 1.83 bits per heavy atom. The largest absolute Gasteiger partial charge is 0.485 e. The Bertz CT molecular complexity index is 652. The number of hydrogen-bond acceptors (Lipinski definition) is 5. The first kappa shape index (κ1) is 16.5. The van der Waals surface area contributed by atoms with E-state index in [1.165, 1.54) is 6.07 Å². The van der Waals surface area contributed by atoms with Gasteiger partial charge in [-0.2, -0.15) is 0 Å². The zero-order chi connectivity index (χ0) is 16.5. The molecule has 0 aliphatic rings. The van der Waals surface area contributed by atoms with Crippen molar-refractivity contribution >= 4 is 12.3 Å². The van der Waals surface area contributed by atoms with Crippen LogP contribution in [0.1, 0.15) is 22.8 Å². The Balaban J connectivity index is 2.07. The molecule has 0 bridgehead atoms. The van der Waals surface area contributed by atoms with Crippen LogP contribution >= 0.6 is 0 Å². The van der Waals surface area contributed by atoms with Crippen molar-refractivity contribution in [2.45, 2.75) is 13.5 Å². The van der Waals surface area contributed by atoms with E-state index in [-0.39, 0.29) is 13.2 Å². The summed E-state index contributed by atoms with van der Waals surface area (Å²) in [4.78, 5) is 22.3. The number of carbonyl (C=O) groups is 2. The molecule has 2 aromatic rings. The van der Waals surface area contributed by atoms with Crippen molar-refractivity contribution in [3.63, 3.8) is 0 Å². The lowest BCUT2D eigenvalue weighted by Crippen LogP contribution is -2.15. The Labute approximate surface area is 134 Å². The third kappa shape index (κ3) is 5.14. The van der Waals surface area contributed by atoms with Crippen LogP contribution in [0.3, 0.4) is 0 Å². The van der Waals surface area contributed by atoms with E-state index in [0.29, 0.717) is 30.0 Å². The fourth-order valence-electron chi connectivity index (χ4n) is 1.90. The molecule has 5 heteroatoms. The SMILES string of the molecule is CCOC(=O)COc1cc(C=O)ccc1OCc1ccccc1. The van der Waals surface area contributed by atoms with E-state index in [2.05, 4.69) is 0 Å². The van der Waals surface area contributed by atoms with Crippen LogP contribution < -0.4 is 9.47 Å². The summed E-state index contributed by atoms with van der Waals surface area (Å²) in [5, 5.41) is 0. The van der Waals surface area contributed by atoms with Gasteiger partial charge < -0.3 is 14.2 Å². The second kappa shape index (κ2) is 8.58. The molecule has 0 spiro atoms. The summed E-state index contributed by atoms with van der Waals surface area (Å²) in [7, 11) is 0. The van der Waals surface area contributed by atoms with Gasteiger partial charge in [-0.1, -0.05) is 30.3 Å². The molecule has 0 fully saturated rings. The standard InChI is InChI=1S/C18H18O5/c1-2-21-18(20)13-23-17-10-15(11-19)8-9-16(17)22-12-14-6-4-3-5-7-14/h3-11H,2,12-13H2,1H3. The molecular formula is C18H18O5. The molecular weight excluding hydrogens is 296 g/mol. The van der Waals surface area contributed by atoms with Gasteiger partial charge in [0.25, 0.3) is 0 Å². The highest BCUT2D eigenvalue weighted by molar-refractivity contribution is 5.76. The topological polar surface area (TPSA) is 61.8 Å². The lowest BCUT2D eigenvalue weighted by atomic mass is 10.2. The van der Waals surface area contributed by atoms with Gasteiger partial charge in [0.15, 0.2) is 18.1 Å². The number of benzene rings is 2. The van der Waals surface area contributed by atoms with Gasteiger partial charge in [-0.15, -0.1) is 0 Å². The maximum Gasteiger partial charge on any atom is 0.344 e. The molecule has 0 saturated carbocycles. The molecule has 0 heterocycles. The summed E-state index contributed by atoms with van der Waals surface area (Å²) >= 11 is 0. The second-order valence-corrected chi connectivity index (χ2v) is 4.69. The number of ether oxygens (including phenoxy) is 3. The van der Waals surface area contributed by atoms with Crippen molar-refractivity contribution in [2.24, 2.45) is 0 Å². The van der Waals surface area contributed by atoms with Crippen molar-refractivity contribution in [3.8, 4) is 11.5 Å². The molecule has 0 N–H and O–H groups in total. The van der Waals surface area contributed by atoms with E-state index in [4.69, 9.17) is 14.2 Å². The van der Waals surface area contributed by atoms with Gasteiger partial charge in [-0.25, -0.2) is 4.79 Å².